The summed E-state index contributed by atoms with van der Waals surface area (Å²) < 4.78 is 0. The third kappa shape index (κ3) is 4.62. The van der Waals surface area contributed by atoms with E-state index < -0.39 is 0 Å². The van der Waals surface area contributed by atoms with Crippen molar-refractivity contribution < 1.29 is 4.79 Å². The monoisotopic (exact) mass is 289 g/mol. The summed E-state index contributed by atoms with van der Waals surface area (Å²) in [6.07, 6.45) is 4.86. The number of hydrogen-bond acceptors (Lipinski definition) is 3. The maximum atomic E-state index is 12.3. The summed E-state index contributed by atoms with van der Waals surface area (Å²) in [6.45, 7) is 7.02. The molecular formula is C14H28ClN3O. The zero-order valence-electron chi connectivity index (χ0n) is 12.2. The molecule has 2 unspecified atom stereocenters. The molecule has 5 heteroatoms. The highest BCUT2D eigenvalue weighted by Gasteiger charge is 2.28. The van der Waals surface area contributed by atoms with Crippen molar-refractivity contribution in [3.63, 3.8) is 0 Å². The minimum absolute atomic E-state index is 0. The largest absolute Gasteiger partial charge is 0.339 e. The number of carbonyl (C=O) groups excluding carboxylic acids is 1. The molecule has 0 aromatic heterocycles. The highest BCUT2D eigenvalue weighted by atomic mass is 35.5. The molecule has 0 aromatic carbocycles. The van der Waals surface area contributed by atoms with Crippen LogP contribution in [0.15, 0.2) is 0 Å². The minimum atomic E-state index is 0. The zero-order chi connectivity index (χ0) is 13.0. The van der Waals surface area contributed by atoms with E-state index in [1.54, 1.807) is 0 Å². The van der Waals surface area contributed by atoms with E-state index in [1.165, 1.54) is 25.7 Å². The van der Waals surface area contributed by atoms with Gasteiger partial charge in [0.05, 0.1) is 6.54 Å². The molecule has 4 nitrogen and oxygen atoms in total. The van der Waals surface area contributed by atoms with E-state index in [0.717, 1.165) is 32.1 Å². The highest BCUT2D eigenvalue weighted by molar-refractivity contribution is 5.85. The van der Waals surface area contributed by atoms with E-state index in [4.69, 9.17) is 0 Å². The van der Waals surface area contributed by atoms with E-state index in [9.17, 15) is 4.79 Å². The van der Waals surface area contributed by atoms with Crippen LogP contribution in [0.4, 0.5) is 0 Å². The second kappa shape index (κ2) is 8.08. The van der Waals surface area contributed by atoms with Crippen LogP contribution in [-0.2, 0) is 4.79 Å². The van der Waals surface area contributed by atoms with Crippen LogP contribution in [0, 0.1) is 5.92 Å². The van der Waals surface area contributed by atoms with Crippen molar-refractivity contribution in [1.82, 2.24) is 15.1 Å². The van der Waals surface area contributed by atoms with Gasteiger partial charge in [-0.3, -0.25) is 9.69 Å². The number of amides is 1. The first kappa shape index (κ1) is 16.7. The molecule has 1 amide bonds. The topological polar surface area (TPSA) is 35.6 Å². The van der Waals surface area contributed by atoms with Gasteiger partial charge in [0.2, 0.25) is 5.91 Å². The van der Waals surface area contributed by atoms with Crippen LogP contribution < -0.4 is 5.32 Å². The van der Waals surface area contributed by atoms with Crippen molar-refractivity contribution >= 4 is 18.3 Å². The number of rotatable bonds is 4. The fourth-order valence-corrected chi connectivity index (χ4v) is 3.26. The lowest BCUT2D eigenvalue weighted by Gasteiger charge is -2.34. The fraction of sp³-hybridized carbons (Fsp3) is 0.929. The van der Waals surface area contributed by atoms with E-state index in [2.05, 4.69) is 22.0 Å². The van der Waals surface area contributed by atoms with Gasteiger partial charge in [-0.05, 0) is 58.7 Å². The highest BCUT2D eigenvalue weighted by Crippen LogP contribution is 2.19. The fourth-order valence-electron chi connectivity index (χ4n) is 3.26. The molecule has 2 rings (SSSR count). The number of carbonyl (C=O) groups is 1. The Morgan fingerprint density at radius 1 is 1.26 bits per heavy atom. The Kier molecular flexibility index (Phi) is 7.11. The summed E-state index contributed by atoms with van der Waals surface area (Å²) in [6, 6.07) is 0.446. The Bertz CT molecular complexity index is 288. The maximum Gasteiger partial charge on any atom is 0.236 e. The van der Waals surface area contributed by atoms with Crippen molar-refractivity contribution in [2.24, 2.45) is 5.92 Å². The predicted molar refractivity (Wildman–Crippen MR) is 80.7 cm³/mol. The van der Waals surface area contributed by atoms with Gasteiger partial charge < -0.3 is 10.2 Å². The zero-order valence-corrected chi connectivity index (χ0v) is 13.0. The molecule has 0 aliphatic carbocycles. The Balaban J connectivity index is 0.00000180. The Morgan fingerprint density at radius 2 is 2.05 bits per heavy atom. The van der Waals surface area contributed by atoms with Gasteiger partial charge in [-0.2, -0.15) is 0 Å². The van der Waals surface area contributed by atoms with Crippen LogP contribution in [0.5, 0.6) is 0 Å². The molecular weight excluding hydrogens is 262 g/mol. The van der Waals surface area contributed by atoms with Gasteiger partial charge in [-0.15, -0.1) is 12.4 Å². The predicted octanol–water partition coefficient (Wildman–Crippen LogP) is 1.35. The van der Waals surface area contributed by atoms with E-state index in [1.807, 2.05) is 7.05 Å². The van der Waals surface area contributed by atoms with Crippen LogP contribution in [0.2, 0.25) is 0 Å². The van der Waals surface area contributed by atoms with Gasteiger partial charge in [0, 0.05) is 19.1 Å². The molecule has 0 aromatic rings. The summed E-state index contributed by atoms with van der Waals surface area (Å²) in [5.41, 5.74) is 0. The van der Waals surface area contributed by atoms with Crippen LogP contribution in [-0.4, -0.2) is 61.5 Å². The van der Waals surface area contributed by atoms with Crippen molar-refractivity contribution in [2.45, 2.75) is 38.6 Å². The number of piperidine rings is 1. The standard InChI is InChI=1S/C14H27N3O.ClH/c1-12-5-3-4-7-17(12)14(18)11-16-8-6-13(10-16)9-15-2;/h12-13,15H,3-11H2,1-2H3;1H. The smallest absolute Gasteiger partial charge is 0.236 e. The van der Waals surface area contributed by atoms with Crippen molar-refractivity contribution in [3.05, 3.63) is 0 Å². The lowest BCUT2D eigenvalue weighted by molar-refractivity contribution is -0.135. The first-order chi connectivity index (χ1) is 8.70. The molecule has 1 N–H and O–H groups in total. The molecule has 2 aliphatic rings. The van der Waals surface area contributed by atoms with Crippen molar-refractivity contribution in [1.29, 1.82) is 0 Å². The molecule has 0 radical (unpaired) electrons. The summed E-state index contributed by atoms with van der Waals surface area (Å²) in [5, 5.41) is 3.23. The number of halogens is 1. The van der Waals surface area contributed by atoms with Gasteiger partial charge in [-0.25, -0.2) is 0 Å². The lowest BCUT2D eigenvalue weighted by atomic mass is 10.0. The number of hydrogen-bond donors (Lipinski definition) is 1. The van der Waals surface area contributed by atoms with Crippen LogP contribution in [0.3, 0.4) is 0 Å². The number of nitrogens with zero attached hydrogens (tertiary/aromatic N) is 2. The van der Waals surface area contributed by atoms with Crippen molar-refractivity contribution in [2.75, 3.05) is 39.8 Å². The summed E-state index contributed by atoms with van der Waals surface area (Å²) in [4.78, 5) is 16.7. The molecule has 2 atom stereocenters. The molecule has 2 heterocycles. The Labute approximate surface area is 123 Å². The van der Waals surface area contributed by atoms with Crippen LogP contribution in [0.1, 0.15) is 32.6 Å². The number of likely N-dealkylation sites (tertiary alicyclic amines) is 2. The molecule has 0 saturated carbocycles. The SMILES string of the molecule is CNCC1CCN(CC(=O)N2CCCCC2C)C1.Cl. The first-order valence-corrected chi connectivity index (χ1v) is 7.37. The van der Waals surface area contributed by atoms with E-state index in [-0.39, 0.29) is 12.4 Å². The van der Waals surface area contributed by atoms with E-state index >= 15 is 0 Å². The van der Waals surface area contributed by atoms with E-state index in [0.29, 0.717) is 18.5 Å². The molecule has 2 aliphatic heterocycles. The normalized spacial score (nSPS) is 28.2. The van der Waals surface area contributed by atoms with Crippen LogP contribution >= 0.6 is 12.4 Å². The Morgan fingerprint density at radius 3 is 2.74 bits per heavy atom. The first-order valence-electron chi connectivity index (χ1n) is 7.37. The quantitative estimate of drug-likeness (QED) is 0.849. The van der Waals surface area contributed by atoms with Crippen molar-refractivity contribution in [3.8, 4) is 0 Å². The minimum Gasteiger partial charge on any atom is -0.339 e. The summed E-state index contributed by atoms with van der Waals surface area (Å²) >= 11 is 0. The summed E-state index contributed by atoms with van der Waals surface area (Å²) in [7, 11) is 2.00. The third-order valence-electron chi connectivity index (χ3n) is 4.34. The van der Waals surface area contributed by atoms with Gasteiger partial charge in [0.25, 0.3) is 0 Å². The molecule has 112 valence electrons. The molecule has 2 saturated heterocycles. The van der Waals surface area contributed by atoms with Gasteiger partial charge >= 0.3 is 0 Å². The second-order valence-corrected chi connectivity index (χ2v) is 5.88. The molecule has 19 heavy (non-hydrogen) atoms. The Hall–Kier alpha value is -0.320. The summed E-state index contributed by atoms with van der Waals surface area (Å²) in [5.74, 6) is 1.06. The molecule has 0 spiro atoms. The lowest BCUT2D eigenvalue weighted by Crippen LogP contribution is -2.46. The average molecular weight is 290 g/mol. The average Bonchev–Trinajstić information content (AvgIpc) is 2.77. The van der Waals surface area contributed by atoms with Gasteiger partial charge in [0.1, 0.15) is 0 Å². The maximum absolute atomic E-state index is 12.3. The van der Waals surface area contributed by atoms with Crippen LogP contribution in [0.25, 0.3) is 0 Å². The van der Waals surface area contributed by atoms with Gasteiger partial charge in [-0.1, -0.05) is 0 Å². The molecule has 0 bridgehead atoms. The van der Waals surface area contributed by atoms with Gasteiger partial charge in [0.15, 0.2) is 0 Å². The number of nitrogens with one attached hydrogen (secondary N) is 1. The second-order valence-electron chi connectivity index (χ2n) is 5.88. The third-order valence-corrected chi connectivity index (χ3v) is 4.34. The molecule has 2 fully saturated rings.